The number of carbonyl (C=O) groups is 1. The van der Waals surface area contributed by atoms with Crippen LogP contribution in [0.1, 0.15) is 19.8 Å². The largest absolute Gasteiger partial charge is 0.494 e. The molecule has 170 valence electrons. The first kappa shape index (κ1) is 25.2. The van der Waals surface area contributed by atoms with Crippen molar-refractivity contribution >= 4 is 80.4 Å². The van der Waals surface area contributed by atoms with Crippen molar-refractivity contribution in [1.82, 2.24) is 4.98 Å². The number of hydrogen-bond acceptors (Lipinski definition) is 5. The lowest BCUT2D eigenvalue weighted by Gasteiger charge is -2.13. The van der Waals surface area contributed by atoms with Crippen molar-refractivity contribution in [3.8, 4) is 22.8 Å². The summed E-state index contributed by atoms with van der Waals surface area (Å²) in [5.41, 5.74) is 1.64. The van der Waals surface area contributed by atoms with Gasteiger partial charge in [-0.1, -0.05) is 71.3 Å². The van der Waals surface area contributed by atoms with Gasteiger partial charge in [-0.2, -0.15) is 0 Å². The van der Waals surface area contributed by atoms with Crippen LogP contribution in [0.15, 0.2) is 29.6 Å². The van der Waals surface area contributed by atoms with Crippen molar-refractivity contribution < 1.29 is 14.3 Å². The zero-order valence-corrected chi connectivity index (χ0v) is 21.3. The molecule has 3 rings (SSSR count). The number of amides is 1. The van der Waals surface area contributed by atoms with Crippen LogP contribution in [-0.2, 0) is 4.79 Å². The Hall–Kier alpha value is -1.41. The van der Waals surface area contributed by atoms with Gasteiger partial charge in [-0.05, 0) is 30.7 Å². The molecule has 5 nitrogen and oxygen atoms in total. The van der Waals surface area contributed by atoms with Crippen LogP contribution >= 0.6 is 69.3 Å². The number of rotatable bonds is 9. The van der Waals surface area contributed by atoms with E-state index in [9.17, 15) is 4.79 Å². The molecule has 0 spiro atoms. The first-order chi connectivity index (χ1) is 15.3. The van der Waals surface area contributed by atoms with Gasteiger partial charge in [0.05, 0.1) is 27.4 Å². The van der Waals surface area contributed by atoms with E-state index in [1.54, 1.807) is 0 Å². The highest BCUT2D eigenvalue weighted by molar-refractivity contribution is 7.14. The summed E-state index contributed by atoms with van der Waals surface area (Å²) in [6.07, 6.45) is 2.09. The highest BCUT2D eigenvalue weighted by atomic mass is 35.5. The number of benzene rings is 2. The Morgan fingerprint density at radius 3 is 2.22 bits per heavy atom. The first-order valence-corrected chi connectivity index (χ1v) is 12.2. The van der Waals surface area contributed by atoms with Crippen LogP contribution in [-0.4, -0.2) is 24.1 Å². The van der Waals surface area contributed by atoms with Gasteiger partial charge >= 0.3 is 0 Å². The minimum atomic E-state index is -0.458. The van der Waals surface area contributed by atoms with E-state index >= 15 is 0 Å². The third-order valence-corrected chi connectivity index (χ3v) is 7.18. The smallest absolute Gasteiger partial charge is 0.264 e. The molecule has 1 N–H and O–H groups in total. The molecule has 3 aromatic rings. The van der Waals surface area contributed by atoms with Crippen LogP contribution in [0.4, 0.5) is 5.13 Å². The molecule has 1 amide bonds. The number of thiazole rings is 1. The van der Waals surface area contributed by atoms with E-state index in [1.807, 2.05) is 29.6 Å². The second-order valence-corrected chi connectivity index (χ2v) is 9.25. The van der Waals surface area contributed by atoms with Crippen LogP contribution in [0.3, 0.4) is 0 Å². The topological polar surface area (TPSA) is 60.5 Å². The monoisotopic (exact) mass is 552 g/mol. The molecule has 0 aliphatic heterocycles. The van der Waals surface area contributed by atoms with Gasteiger partial charge in [-0.3, -0.25) is 10.1 Å². The highest BCUT2D eigenvalue weighted by Gasteiger charge is 2.21. The molecule has 0 bridgehead atoms. The number of halogens is 5. The molecule has 0 radical (unpaired) electrons. The number of nitrogens with zero attached hydrogens (tertiary/aromatic N) is 1. The summed E-state index contributed by atoms with van der Waals surface area (Å²) in [6.45, 7) is 2.42. The fourth-order valence-electron chi connectivity index (χ4n) is 2.52. The van der Waals surface area contributed by atoms with E-state index in [0.29, 0.717) is 11.7 Å². The Balaban J connectivity index is 1.60. The second-order valence-electron chi connectivity index (χ2n) is 6.50. The van der Waals surface area contributed by atoms with Crippen molar-refractivity contribution in [3.63, 3.8) is 0 Å². The Labute approximate surface area is 214 Å². The molecule has 0 saturated carbocycles. The molecule has 0 fully saturated rings. The average molecular weight is 555 g/mol. The summed E-state index contributed by atoms with van der Waals surface area (Å²) >= 11 is 31.4. The molecule has 0 aliphatic carbocycles. The molecule has 1 aromatic heterocycles. The maximum Gasteiger partial charge on any atom is 0.264 e. The Morgan fingerprint density at radius 2 is 1.59 bits per heavy atom. The van der Waals surface area contributed by atoms with Gasteiger partial charge in [-0.15, -0.1) is 11.3 Å². The third-order valence-electron chi connectivity index (χ3n) is 4.18. The lowest BCUT2D eigenvalue weighted by Crippen LogP contribution is -2.20. The Bertz CT molecular complexity index is 1080. The third kappa shape index (κ3) is 6.13. The molecule has 2 aromatic carbocycles. The maximum absolute atomic E-state index is 12.3. The number of nitrogens with one attached hydrogen (secondary N) is 1. The van der Waals surface area contributed by atoms with Gasteiger partial charge in [0.15, 0.2) is 17.5 Å². The Morgan fingerprint density at radius 1 is 0.969 bits per heavy atom. The van der Waals surface area contributed by atoms with Crippen LogP contribution in [0.25, 0.3) is 11.3 Å². The number of unbranched alkanes of at least 4 members (excludes halogenated alkanes) is 1. The standard InChI is InChI=1S/C21H17Cl5N2O3S/c1-2-3-8-30-12-6-4-11(5-7-12)13-10-32-21(27-13)28-14(29)9-31-20-18(25)16(23)15(22)17(24)19(20)26/h4-7,10H,2-3,8-9H2,1H3,(H,27,28,29). The minimum Gasteiger partial charge on any atom is -0.494 e. The molecule has 32 heavy (non-hydrogen) atoms. The summed E-state index contributed by atoms with van der Waals surface area (Å²) in [5.74, 6) is 0.326. The van der Waals surface area contributed by atoms with E-state index in [0.717, 1.165) is 29.8 Å². The normalized spacial score (nSPS) is 10.8. The summed E-state index contributed by atoms with van der Waals surface area (Å²) in [6, 6.07) is 7.63. The number of carbonyl (C=O) groups excluding carboxylic acids is 1. The zero-order chi connectivity index (χ0) is 23.3. The van der Waals surface area contributed by atoms with Gasteiger partial charge in [0.1, 0.15) is 15.8 Å². The summed E-state index contributed by atoms with van der Waals surface area (Å²) < 4.78 is 11.1. The lowest BCUT2D eigenvalue weighted by atomic mass is 10.2. The van der Waals surface area contributed by atoms with Gasteiger partial charge in [0.2, 0.25) is 0 Å². The van der Waals surface area contributed by atoms with Gasteiger partial charge < -0.3 is 9.47 Å². The number of aromatic nitrogens is 1. The number of ether oxygens (including phenoxy) is 2. The van der Waals surface area contributed by atoms with Crippen molar-refractivity contribution in [1.29, 1.82) is 0 Å². The molecular weight excluding hydrogens is 538 g/mol. The predicted octanol–water partition coefficient (Wildman–Crippen LogP) is 8.27. The molecular formula is C21H17Cl5N2O3S. The van der Waals surface area contributed by atoms with Crippen molar-refractivity contribution in [3.05, 3.63) is 54.8 Å². The van der Waals surface area contributed by atoms with Gasteiger partial charge in [0, 0.05) is 10.9 Å². The first-order valence-electron chi connectivity index (χ1n) is 9.44. The average Bonchev–Trinajstić information content (AvgIpc) is 3.25. The highest BCUT2D eigenvalue weighted by Crippen LogP contribution is 2.48. The van der Waals surface area contributed by atoms with Crippen LogP contribution in [0, 0.1) is 0 Å². The second kappa shape index (κ2) is 11.6. The van der Waals surface area contributed by atoms with E-state index in [-0.39, 0.29) is 37.5 Å². The molecule has 0 unspecified atom stereocenters. The number of hydrogen-bond donors (Lipinski definition) is 1. The fraction of sp³-hybridized carbons (Fsp3) is 0.238. The Kier molecular flexibility index (Phi) is 9.17. The number of anilines is 1. The van der Waals surface area contributed by atoms with E-state index < -0.39 is 5.91 Å². The fourth-order valence-corrected chi connectivity index (χ4v) is 4.49. The summed E-state index contributed by atoms with van der Waals surface area (Å²) in [5, 5.41) is 4.86. The minimum absolute atomic E-state index is 0.00973. The van der Waals surface area contributed by atoms with Crippen LogP contribution in [0.5, 0.6) is 11.5 Å². The van der Waals surface area contributed by atoms with E-state index in [1.165, 1.54) is 11.3 Å². The van der Waals surface area contributed by atoms with Crippen LogP contribution in [0.2, 0.25) is 25.1 Å². The van der Waals surface area contributed by atoms with E-state index in [2.05, 4.69) is 17.2 Å². The predicted molar refractivity (Wildman–Crippen MR) is 134 cm³/mol. The van der Waals surface area contributed by atoms with Gasteiger partial charge in [0.25, 0.3) is 5.91 Å². The van der Waals surface area contributed by atoms with E-state index in [4.69, 9.17) is 67.5 Å². The molecule has 1 heterocycles. The molecule has 11 heteroatoms. The molecule has 0 aliphatic rings. The summed E-state index contributed by atoms with van der Waals surface area (Å²) in [7, 11) is 0. The SMILES string of the molecule is CCCCOc1ccc(-c2csc(NC(=O)COc3c(Cl)c(Cl)c(Cl)c(Cl)c3Cl)n2)cc1. The van der Waals surface area contributed by atoms with Crippen molar-refractivity contribution in [2.45, 2.75) is 19.8 Å². The van der Waals surface area contributed by atoms with Gasteiger partial charge in [-0.25, -0.2) is 4.98 Å². The quantitative estimate of drug-likeness (QED) is 0.164. The van der Waals surface area contributed by atoms with Crippen LogP contribution < -0.4 is 14.8 Å². The zero-order valence-electron chi connectivity index (χ0n) is 16.7. The van der Waals surface area contributed by atoms with Crippen molar-refractivity contribution in [2.75, 3.05) is 18.5 Å². The maximum atomic E-state index is 12.3. The molecule has 0 atom stereocenters. The summed E-state index contributed by atoms with van der Waals surface area (Å²) in [4.78, 5) is 16.7. The van der Waals surface area contributed by atoms with Crippen molar-refractivity contribution in [2.24, 2.45) is 0 Å². The lowest BCUT2D eigenvalue weighted by molar-refractivity contribution is -0.118. The molecule has 0 saturated heterocycles.